The fourth-order valence-electron chi connectivity index (χ4n) is 4.90. The van der Waals surface area contributed by atoms with Crippen molar-refractivity contribution in [2.24, 2.45) is 0 Å². The predicted octanol–water partition coefficient (Wildman–Crippen LogP) is 1.74. The minimum absolute atomic E-state index is 0.0140. The van der Waals surface area contributed by atoms with Gasteiger partial charge in [0.2, 0.25) is 0 Å². The van der Waals surface area contributed by atoms with Gasteiger partial charge in [0.05, 0.1) is 17.8 Å². The molecule has 3 fully saturated rings. The molecular formula is C18H28N4O2. The third-order valence-corrected chi connectivity index (χ3v) is 6.43. The minimum atomic E-state index is -0.375. The average Bonchev–Trinajstić information content (AvgIpc) is 3.31. The Kier molecular flexibility index (Phi) is 4.12. The van der Waals surface area contributed by atoms with E-state index in [2.05, 4.69) is 21.9 Å². The van der Waals surface area contributed by atoms with Crippen LogP contribution >= 0.6 is 0 Å². The summed E-state index contributed by atoms with van der Waals surface area (Å²) >= 11 is 0. The molecule has 1 spiro atoms. The predicted molar refractivity (Wildman–Crippen MR) is 90.9 cm³/mol. The van der Waals surface area contributed by atoms with Crippen LogP contribution in [0.25, 0.3) is 0 Å². The highest BCUT2D eigenvalue weighted by molar-refractivity contribution is 5.93. The molecule has 0 bridgehead atoms. The van der Waals surface area contributed by atoms with Gasteiger partial charge in [0, 0.05) is 12.5 Å². The number of aromatic amines is 1. The van der Waals surface area contributed by atoms with Crippen molar-refractivity contribution in [3.05, 3.63) is 17.7 Å². The molecule has 1 aliphatic carbocycles. The van der Waals surface area contributed by atoms with Gasteiger partial charge in [-0.25, -0.2) is 4.98 Å². The topological polar surface area (TPSA) is 72.5 Å². The Bertz CT molecular complexity index is 600. The number of H-pyrrole nitrogens is 1. The number of aliphatic hydroxyl groups excluding tert-OH is 1. The monoisotopic (exact) mass is 332 g/mol. The van der Waals surface area contributed by atoms with Crippen LogP contribution in [0.5, 0.6) is 0 Å². The smallest absolute Gasteiger partial charge is 0.272 e. The lowest BCUT2D eigenvalue weighted by Gasteiger charge is -2.37. The molecule has 1 saturated carbocycles. The third-order valence-electron chi connectivity index (χ3n) is 6.43. The van der Waals surface area contributed by atoms with E-state index in [9.17, 15) is 9.90 Å². The van der Waals surface area contributed by atoms with E-state index in [0.29, 0.717) is 24.6 Å². The fraction of sp³-hybridized carbons (Fsp3) is 0.778. The highest BCUT2D eigenvalue weighted by Crippen LogP contribution is 2.43. The Balaban J connectivity index is 1.51. The van der Waals surface area contributed by atoms with Gasteiger partial charge >= 0.3 is 0 Å². The number of likely N-dealkylation sites (tertiary alicyclic amines) is 2. The number of piperidine rings is 1. The van der Waals surface area contributed by atoms with E-state index in [4.69, 9.17) is 0 Å². The summed E-state index contributed by atoms with van der Waals surface area (Å²) < 4.78 is 0. The molecule has 2 N–H and O–H groups in total. The first kappa shape index (κ1) is 16.1. The summed E-state index contributed by atoms with van der Waals surface area (Å²) in [5.74, 6) is 1.39. The molecule has 1 atom stereocenters. The van der Waals surface area contributed by atoms with E-state index in [1.54, 1.807) is 6.20 Å². The molecular weight excluding hydrogens is 304 g/mol. The van der Waals surface area contributed by atoms with Crippen LogP contribution in [-0.2, 0) is 0 Å². The van der Waals surface area contributed by atoms with E-state index >= 15 is 0 Å². The molecule has 4 rings (SSSR count). The average molecular weight is 332 g/mol. The van der Waals surface area contributed by atoms with Crippen LogP contribution in [0.15, 0.2) is 6.20 Å². The second kappa shape index (κ2) is 6.15. The van der Waals surface area contributed by atoms with E-state index < -0.39 is 0 Å². The minimum Gasteiger partial charge on any atom is -0.391 e. The molecule has 3 aliphatic rings. The molecule has 0 aromatic carbocycles. The van der Waals surface area contributed by atoms with Crippen molar-refractivity contribution in [3.8, 4) is 0 Å². The zero-order valence-electron chi connectivity index (χ0n) is 14.5. The van der Waals surface area contributed by atoms with Crippen molar-refractivity contribution in [3.63, 3.8) is 0 Å². The van der Waals surface area contributed by atoms with Crippen LogP contribution in [0.3, 0.4) is 0 Å². The first-order chi connectivity index (χ1) is 11.6. The fourth-order valence-corrected chi connectivity index (χ4v) is 4.90. The normalized spacial score (nSPS) is 28.1. The summed E-state index contributed by atoms with van der Waals surface area (Å²) in [7, 11) is 2.15. The van der Waals surface area contributed by atoms with Gasteiger partial charge in [-0.1, -0.05) is 12.8 Å². The van der Waals surface area contributed by atoms with Crippen molar-refractivity contribution in [1.29, 1.82) is 0 Å². The largest absolute Gasteiger partial charge is 0.391 e. The van der Waals surface area contributed by atoms with Crippen LogP contribution < -0.4 is 0 Å². The third kappa shape index (κ3) is 2.56. The second-order valence-corrected chi connectivity index (χ2v) is 7.83. The Hall–Kier alpha value is -1.40. The first-order valence-electron chi connectivity index (χ1n) is 9.34. The number of aromatic nitrogens is 2. The number of carbonyl (C=O) groups excluding carboxylic acids is 1. The van der Waals surface area contributed by atoms with Crippen molar-refractivity contribution in [2.45, 2.75) is 62.5 Å². The zero-order valence-corrected chi connectivity index (χ0v) is 14.5. The number of amides is 1. The van der Waals surface area contributed by atoms with Gasteiger partial charge in [0.1, 0.15) is 11.5 Å². The summed E-state index contributed by atoms with van der Waals surface area (Å²) in [6.45, 7) is 2.81. The Labute approximate surface area is 143 Å². The van der Waals surface area contributed by atoms with Crippen LogP contribution in [0.2, 0.25) is 0 Å². The number of carbonyl (C=O) groups is 1. The first-order valence-corrected chi connectivity index (χ1v) is 9.34. The van der Waals surface area contributed by atoms with Crippen LogP contribution in [-0.4, -0.2) is 69.1 Å². The van der Waals surface area contributed by atoms with Gasteiger partial charge in [-0.3, -0.25) is 4.79 Å². The number of hydrogen-bond donors (Lipinski definition) is 2. The Morgan fingerprint density at radius 3 is 2.67 bits per heavy atom. The number of hydrogen-bond acceptors (Lipinski definition) is 4. The number of aliphatic hydroxyl groups is 1. The van der Waals surface area contributed by atoms with Crippen molar-refractivity contribution in [2.75, 3.05) is 26.7 Å². The van der Waals surface area contributed by atoms with Crippen molar-refractivity contribution < 1.29 is 9.90 Å². The van der Waals surface area contributed by atoms with E-state index in [1.807, 2.05) is 4.90 Å². The summed E-state index contributed by atoms with van der Waals surface area (Å²) in [6, 6.07) is 0. The molecule has 1 unspecified atom stereocenters. The Morgan fingerprint density at radius 2 is 1.96 bits per heavy atom. The SMILES string of the molecule is CN1CCC(c2ncc(C(=O)N3CCC(O)C34CCCC4)[nH]2)CC1. The highest BCUT2D eigenvalue weighted by Gasteiger charge is 2.51. The van der Waals surface area contributed by atoms with E-state index in [0.717, 1.165) is 57.4 Å². The van der Waals surface area contributed by atoms with Crippen molar-refractivity contribution in [1.82, 2.24) is 19.8 Å². The molecule has 6 nitrogen and oxygen atoms in total. The van der Waals surface area contributed by atoms with Crippen LogP contribution in [0.1, 0.15) is 67.2 Å². The number of nitrogens with one attached hydrogen (secondary N) is 1. The van der Waals surface area contributed by atoms with Crippen LogP contribution in [0, 0.1) is 0 Å². The van der Waals surface area contributed by atoms with Crippen molar-refractivity contribution >= 4 is 5.91 Å². The molecule has 1 aromatic heterocycles. The maximum absolute atomic E-state index is 13.0. The molecule has 132 valence electrons. The van der Waals surface area contributed by atoms with Gasteiger partial charge in [-0.15, -0.1) is 0 Å². The molecule has 0 radical (unpaired) electrons. The molecule has 1 amide bonds. The van der Waals surface area contributed by atoms with Crippen LogP contribution in [0.4, 0.5) is 0 Å². The number of rotatable bonds is 2. The van der Waals surface area contributed by atoms with Gasteiger partial charge in [-0.2, -0.15) is 0 Å². The zero-order chi connectivity index (χ0) is 16.7. The lowest BCUT2D eigenvalue weighted by molar-refractivity contribution is 0.0257. The van der Waals surface area contributed by atoms with Gasteiger partial charge in [-0.05, 0) is 52.2 Å². The van der Waals surface area contributed by atoms with E-state index in [-0.39, 0.29) is 17.6 Å². The van der Waals surface area contributed by atoms with Gasteiger partial charge in [0.15, 0.2) is 0 Å². The highest BCUT2D eigenvalue weighted by atomic mass is 16.3. The summed E-state index contributed by atoms with van der Waals surface area (Å²) in [6.07, 6.45) is 8.25. The number of imidazole rings is 1. The molecule has 2 aliphatic heterocycles. The maximum Gasteiger partial charge on any atom is 0.272 e. The Morgan fingerprint density at radius 1 is 1.25 bits per heavy atom. The number of nitrogens with zero attached hydrogens (tertiary/aromatic N) is 3. The summed E-state index contributed by atoms with van der Waals surface area (Å²) in [5.41, 5.74) is 0.264. The van der Waals surface area contributed by atoms with E-state index in [1.165, 1.54) is 0 Å². The lowest BCUT2D eigenvalue weighted by Crippen LogP contribution is -2.50. The van der Waals surface area contributed by atoms with Gasteiger partial charge < -0.3 is 19.9 Å². The molecule has 3 heterocycles. The second-order valence-electron chi connectivity index (χ2n) is 7.83. The molecule has 24 heavy (non-hydrogen) atoms. The summed E-state index contributed by atoms with van der Waals surface area (Å²) in [4.78, 5) is 25.1. The lowest BCUT2D eigenvalue weighted by atomic mass is 9.91. The molecule has 2 saturated heterocycles. The maximum atomic E-state index is 13.0. The van der Waals surface area contributed by atoms with Gasteiger partial charge in [0.25, 0.3) is 5.91 Å². The molecule has 1 aromatic rings. The quantitative estimate of drug-likeness (QED) is 0.865. The summed E-state index contributed by atoms with van der Waals surface area (Å²) in [5, 5.41) is 10.5. The standard InChI is InChI=1S/C18H28N4O2/c1-21-9-4-13(5-10-21)16-19-12-14(20-16)17(24)22-11-6-15(23)18(22)7-2-3-8-18/h12-13,15,23H,2-11H2,1H3,(H,19,20). The molecule has 6 heteroatoms.